The van der Waals surface area contributed by atoms with Crippen molar-refractivity contribution in [3.8, 4) is 0 Å². The van der Waals surface area contributed by atoms with Gasteiger partial charge in [0.05, 0.1) is 11.9 Å². The second-order valence-electron chi connectivity index (χ2n) is 4.68. The normalized spacial score (nSPS) is 14.3. The van der Waals surface area contributed by atoms with E-state index in [0.717, 1.165) is 12.0 Å². The molecule has 0 atom stereocenters. The molecular formula is C13H18N2O3S. The number of amides is 1. The first-order chi connectivity index (χ1) is 8.93. The number of rotatable bonds is 4. The highest BCUT2D eigenvalue weighted by Crippen LogP contribution is 2.30. The molecule has 0 aliphatic carbocycles. The molecule has 0 bridgehead atoms. The van der Waals surface area contributed by atoms with Crippen LogP contribution < -0.4 is 9.62 Å². The molecule has 104 valence electrons. The molecule has 1 N–H and O–H groups in total. The number of nitrogens with zero attached hydrogens (tertiary/aromatic N) is 1. The molecule has 19 heavy (non-hydrogen) atoms. The molecule has 5 nitrogen and oxygen atoms in total. The zero-order valence-electron chi connectivity index (χ0n) is 11.1. The Morgan fingerprint density at radius 1 is 1.42 bits per heavy atom. The number of hydrogen-bond donors (Lipinski definition) is 1. The Morgan fingerprint density at radius 3 is 2.79 bits per heavy atom. The van der Waals surface area contributed by atoms with Gasteiger partial charge in [-0.3, -0.25) is 9.10 Å². The quantitative estimate of drug-likeness (QED) is 0.901. The lowest BCUT2D eigenvalue weighted by Gasteiger charge is -2.17. The van der Waals surface area contributed by atoms with Gasteiger partial charge in [0.1, 0.15) is 0 Å². The molecule has 0 spiro atoms. The first-order valence-corrected chi connectivity index (χ1v) is 8.17. The second kappa shape index (κ2) is 5.21. The third kappa shape index (κ3) is 2.89. The summed E-state index contributed by atoms with van der Waals surface area (Å²) in [7, 11) is -3.27. The molecule has 0 fully saturated rings. The highest BCUT2D eigenvalue weighted by molar-refractivity contribution is 7.92. The predicted molar refractivity (Wildman–Crippen MR) is 75.0 cm³/mol. The minimum Gasteiger partial charge on any atom is -0.352 e. The van der Waals surface area contributed by atoms with Gasteiger partial charge in [0, 0.05) is 18.7 Å². The Labute approximate surface area is 113 Å². The van der Waals surface area contributed by atoms with Crippen molar-refractivity contribution in [3.63, 3.8) is 0 Å². The van der Waals surface area contributed by atoms with Crippen LogP contribution >= 0.6 is 0 Å². The van der Waals surface area contributed by atoms with Crippen LogP contribution in [0.3, 0.4) is 0 Å². The van der Waals surface area contributed by atoms with E-state index in [1.165, 1.54) is 10.6 Å². The van der Waals surface area contributed by atoms with Crippen LogP contribution in [-0.4, -0.2) is 33.7 Å². The van der Waals surface area contributed by atoms with Crippen molar-refractivity contribution in [1.82, 2.24) is 5.32 Å². The maximum absolute atomic E-state index is 11.9. The summed E-state index contributed by atoms with van der Waals surface area (Å²) in [6, 6.07) is 5.24. The van der Waals surface area contributed by atoms with Crippen LogP contribution in [0.25, 0.3) is 0 Å². The molecule has 1 amide bonds. The largest absolute Gasteiger partial charge is 0.352 e. The van der Waals surface area contributed by atoms with Crippen LogP contribution in [0.2, 0.25) is 0 Å². The Hall–Kier alpha value is -1.56. The minimum absolute atomic E-state index is 0.162. The van der Waals surface area contributed by atoms with Gasteiger partial charge in [-0.15, -0.1) is 0 Å². The summed E-state index contributed by atoms with van der Waals surface area (Å²) in [4.78, 5) is 11.9. The standard InChI is InChI=1S/C13H18N2O3S/c1-3-7-14-13(16)11-5-4-10-6-8-15(12(10)9-11)19(2,17)18/h4-5,9H,3,6-8H2,1-2H3,(H,14,16). The zero-order valence-corrected chi connectivity index (χ0v) is 12.0. The fourth-order valence-corrected chi connectivity index (χ4v) is 3.13. The van der Waals surface area contributed by atoms with E-state index >= 15 is 0 Å². The van der Waals surface area contributed by atoms with Crippen LogP contribution in [0.5, 0.6) is 0 Å². The fraction of sp³-hybridized carbons (Fsp3) is 0.462. The number of fused-ring (bicyclic) bond motifs is 1. The van der Waals surface area contributed by atoms with Crippen molar-refractivity contribution in [3.05, 3.63) is 29.3 Å². The number of anilines is 1. The van der Waals surface area contributed by atoms with Crippen molar-refractivity contribution < 1.29 is 13.2 Å². The van der Waals surface area contributed by atoms with Gasteiger partial charge in [0.15, 0.2) is 0 Å². The summed E-state index contributed by atoms with van der Waals surface area (Å²) in [6.07, 6.45) is 2.75. The Bertz CT molecular complexity index is 596. The lowest BCUT2D eigenvalue weighted by molar-refractivity contribution is 0.0953. The topological polar surface area (TPSA) is 66.5 Å². The van der Waals surface area contributed by atoms with E-state index in [1.54, 1.807) is 12.1 Å². The Morgan fingerprint density at radius 2 is 2.16 bits per heavy atom. The van der Waals surface area contributed by atoms with Crippen molar-refractivity contribution in [2.75, 3.05) is 23.7 Å². The first-order valence-electron chi connectivity index (χ1n) is 6.32. The molecular weight excluding hydrogens is 264 g/mol. The molecule has 2 rings (SSSR count). The van der Waals surface area contributed by atoms with Crippen LogP contribution in [0, 0.1) is 0 Å². The van der Waals surface area contributed by atoms with Crippen molar-refractivity contribution >= 4 is 21.6 Å². The number of carbonyl (C=O) groups is 1. The highest BCUT2D eigenvalue weighted by Gasteiger charge is 2.26. The minimum atomic E-state index is -3.27. The van der Waals surface area contributed by atoms with Gasteiger partial charge in [-0.25, -0.2) is 8.42 Å². The predicted octanol–water partition coefficient (Wildman–Crippen LogP) is 1.15. The Balaban J connectivity index is 2.31. The van der Waals surface area contributed by atoms with E-state index in [4.69, 9.17) is 0 Å². The third-order valence-corrected chi connectivity index (χ3v) is 4.32. The van der Waals surface area contributed by atoms with E-state index in [2.05, 4.69) is 5.32 Å². The number of benzene rings is 1. The summed E-state index contributed by atoms with van der Waals surface area (Å²) >= 11 is 0. The summed E-state index contributed by atoms with van der Waals surface area (Å²) in [5, 5.41) is 2.79. The summed E-state index contributed by atoms with van der Waals surface area (Å²) in [6.45, 7) is 3.05. The smallest absolute Gasteiger partial charge is 0.251 e. The number of nitrogens with one attached hydrogen (secondary N) is 1. The van der Waals surface area contributed by atoms with Gasteiger partial charge in [-0.2, -0.15) is 0 Å². The molecule has 0 radical (unpaired) electrons. The molecule has 0 saturated carbocycles. The van der Waals surface area contributed by atoms with Crippen LogP contribution in [0.1, 0.15) is 29.3 Å². The van der Waals surface area contributed by atoms with E-state index in [9.17, 15) is 13.2 Å². The Kier molecular flexibility index (Phi) is 3.80. The maximum Gasteiger partial charge on any atom is 0.251 e. The number of carbonyl (C=O) groups excluding carboxylic acids is 1. The lowest BCUT2D eigenvalue weighted by atomic mass is 10.1. The summed E-state index contributed by atoms with van der Waals surface area (Å²) in [5.41, 5.74) is 2.10. The monoisotopic (exact) mass is 282 g/mol. The van der Waals surface area contributed by atoms with Crippen molar-refractivity contribution in [2.45, 2.75) is 19.8 Å². The lowest BCUT2D eigenvalue weighted by Crippen LogP contribution is -2.28. The van der Waals surface area contributed by atoms with Crippen molar-refractivity contribution in [2.24, 2.45) is 0 Å². The molecule has 1 aliphatic heterocycles. The van der Waals surface area contributed by atoms with E-state index < -0.39 is 10.0 Å². The average Bonchev–Trinajstić information content (AvgIpc) is 2.78. The van der Waals surface area contributed by atoms with Crippen LogP contribution in [0.15, 0.2) is 18.2 Å². The van der Waals surface area contributed by atoms with Gasteiger partial charge < -0.3 is 5.32 Å². The maximum atomic E-state index is 11.9. The number of hydrogen-bond acceptors (Lipinski definition) is 3. The molecule has 0 aromatic heterocycles. The van der Waals surface area contributed by atoms with Gasteiger partial charge in [-0.05, 0) is 30.5 Å². The molecule has 0 saturated heterocycles. The molecule has 1 aromatic rings. The fourth-order valence-electron chi connectivity index (χ4n) is 2.18. The number of sulfonamides is 1. The molecule has 0 unspecified atom stereocenters. The van der Waals surface area contributed by atoms with Crippen molar-refractivity contribution in [1.29, 1.82) is 0 Å². The molecule has 1 aliphatic rings. The second-order valence-corrected chi connectivity index (χ2v) is 6.59. The average molecular weight is 282 g/mol. The van der Waals surface area contributed by atoms with Gasteiger partial charge >= 0.3 is 0 Å². The first kappa shape index (κ1) is 13.9. The molecule has 1 aromatic carbocycles. The van der Waals surface area contributed by atoms with Crippen LogP contribution in [-0.2, 0) is 16.4 Å². The van der Waals surface area contributed by atoms with Gasteiger partial charge in [-0.1, -0.05) is 13.0 Å². The molecule has 6 heteroatoms. The molecule has 1 heterocycles. The SMILES string of the molecule is CCCNC(=O)c1ccc2c(c1)N(S(C)(=O)=O)CC2. The van der Waals surface area contributed by atoms with E-state index in [0.29, 0.717) is 30.8 Å². The summed E-state index contributed by atoms with van der Waals surface area (Å²) < 4.78 is 24.7. The third-order valence-electron chi connectivity index (χ3n) is 3.14. The zero-order chi connectivity index (χ0) is 14.0. The van der Waals surface area contributed by atoms with Gasteiger partial charge in [0.25, 0.3) is 5.91 Å². The highest BCUT2D eigenvalue weighted by atomic mass is 32.2. The van der Waals surface area contributed by atoms with E-state index in [1.807, 2.05) is 13.0 Å². The van der Waals surface area contributed by atoms with Crippen LogP contribution in [0.4, 0.5) is 5.69 Å². The van der Waals surface area contributed by atoms with Gasteiger partial charge in [0.2, 0.25) is 10.0 Å². The summed E-state index contributed by atoms with van der Waals surface area (Å²) in [5.74, 6) is -0.162. The van der Waals surface area contributed by atoms with E-state index in [-0.39, 0.29) is 5.91 Å².